The first kappa shape index (κ1) is 26.2. The molecule has 1 atom stereocenters. The fraction of sp³-hybridized carbons (Fsp3) is 0.458. The van der Waals surface area contributed by atoms with E-state index in [2.05, 4.69) is 20.9 Å². The van der Waals surface area contributed by atoms with Crippen LogP contribution in [0.5, 0.6) is 0 Å². The van der Waals surface area contributed by atoms with E-state index >= 15 is 0 Å². The molecule has 3 aliphatic rings. The van der Waals surface area contributed by atoms with E-state index in [4.69, 9.17) is 0 Å². The molecule has 5 rings (SSSR count). The molecule has 3 N–H and O–H groups in total. The lowest BCUT2D eigenvalue weighted by Gasteiger charge is -2.39. The minimum Gasteiger partial charge on any atom is -0.369 e. The first-order chi connectivity index (χ1) is 18.0. The molecule has 3 saturated heterocycles. The number of benzene rings is 1. The topological polar surface area (TPSA) is 124 Å². The van der Waals surface area contributed by atoms with Gasteiger partial charge in [0.15, 0.2) is 0 Å². The number of pyridine rings is 1. The van der Waals surface area contributed by atoms with Crippen LogP contribution in [0.2, 0.25) is 0 Å². The Bertz CT molecular complexity index is 1310. The van der Waals surface area contributed by atoms with Gasteiger partial charge >= 0.3 is 12.2 Å². The van der Waals surface area contributed by atoms with Gasteiger partial charge in [-0.05, 0) is 62.1 Å². The summed E-state index contributed by atoms with van der Waals surface area (Å²) in [5.41, 5.74) is -1.05. The van der Waals surface area contributed by atoms with Crippen LogP contribution in [0.4, 0.5) is 29.5 Å². The molecule has 3 aliphatic heterocycles. The predicted octanol–water partition coefficient (Wildman–Crippen LogP) is 2.54. The van der Waals surface area contributed by atoms with E-state index in [0.717, 1.165) is 18.0 Å². The number of imide groups is 1. The fourth-order valence-corrected chi connectivity index (χ4v) is 6.64. The lowest BCUT2D eigenvalue weighted by Crippen LogP contribution is -2.58. The second kappa shape index (κ2) is 9.73. The van der Waals surface area contributed by atoms with Crippen molar-refractivity contribution in [2.24, 2.45) is 0 Å². The molecule has 2 aromatic rings. The summed E-state index contributed by atoms with van der Waals surface area (Å²) >= 11 is 0. The van der Waals surface area contributed by atoms with Gasteiger partial charge in [0.05, 0.1) is 17.0 Å². The van der Waals surface area contributed by atoms with Crippen LogP contribution in [0, 0.1) is 0 Å². The lowest BCUT2D eigenvalue weighted by molar-refractivity contribution is -0.137. The minimum absolute atomic E-state index is 0.118. The monoisotopic (exact) mass is 552 g/mol. The molecular formula is C24H27F3N6O4S. The van der Waals surface area contributed by atoms with Gasteiger partial charge in [0.25, 0.3) is 5.91 Å². The van der Waals surface area contributed by atoms with Crippen molar-refractivity contribution in [3.05, 3.63) is 48.2 Å². The largest absolute Gasteiger partial charge is 0.417 e. The van der Waals surface area contributed by atoms with Gasteiger partial charge in [-0.25, -0.2) is 18.2 Å². The molecule has 1 aromatic heterocycles. The summed E-state index contributed by atoms with van der Waals surface area (Å²) in [6.07, 6.45) is -1.50. The molecule has 4 heterocycles. The molecule has 0 saturated carbocycles. The third-order valence-corrected chi connectivity index (χ3v) is 9.16. The molecule has 0 radical (unpaired) electrons. The van der Waals surface area contributed by atoms with Crippen LogP contribution in [-0.4, -0.2) is 67.4 Å². The second-order valence-corrected chi connectivity index (χ2v) is 11.7. The van der Waals surface area contributed by atoms with E-state index in [1.807, 2.05) is 4.90 Å². The second-order valence-electron chi connectivity index (χ2n) is 9.76. The van der Waals surface area contributed by atoms with Crippen molar-refractivity contribution in [1.29, 1.82) is 0 Å². The Kier molecular flexibility index (Phi) is 6.71. The molecule has 1 aromatic carbocycles. The van der Waals surface area contributed by atoms with Crippen LogP contribution in [-0.2, 0) is 21.0 Å². The number of nitrogens with one attached hydrogen (secondary N) is 3. The van der Waals surface area contributed by atoms with Crippen molar-refractivity contribution in [3.8, 4) is 0 Å². The predicted molar refractivity (Wildman–Crippen MR) is 132 cm³/mol. The van der Waals surface area contributed by atoms with Gasteiger partial charge in [0.2, 0.25) is 10.0 Å². The number of amides is 3. The average Bonchev–Trinajstić information content (AvgIpc) is 3.15. The summed E-state index contributed by atoms with van der Waals surface area (Å²) in [6.45, 7) is 1.48. The highest BCUT2D eigenvalue weighted by Gasteiger charge is 2.48. The van der Waals surface area contributed by atoms with Crippen molar-refractivity contribution >= 4 is 33.5 Å². The first-order valence-electron chi connectivity index (χ1n) is 12.2. The molecule has 10 nitrogen and oxygen atoms in total. The molecule has 1 unspecified atom stereocenters. The van der Waals surface area contributed by atoms with Gasteiger partial charge in [-0.2, -0.15) is 17.5 Å². The fourth-order valence-electron chi connectivity index (χ4n) is 5.17. The highest BCUT2D eigenvalue weighted by atomic mass is 32.2. The summed E-state index contributed by atoms with van der Waals surface area (Å²) in [7, 11) is -3.74. The van der Waals surface area contributed by atoms with Crippen LogP contribution >= 0.6 is 0 Å². The van der Waals surface area contributed by atoms with E-state index in [0.29, 0.717) is 44.6 Å². The first-order valence-corrected chi connectivity index (χ1v) is 13.7. The van der Waals surface area contributed by atoms with Crippen molar-refractivity contribution in [2.75, 3.05) is 36.4 Å². The number of aromatic nitrogens is 1. The maximum absolute atomic E-state index is 13.2. The maximum atomic E-state index is 13.2. The zero-order valence-electron chi connectivity index (χ0n) is 20.3. The molecule has 38 heavy (non-hydrogen) atoms. The molecule has 204 valence electrons. The van der Waals surface area contributed by atoms with E-state index in [1.54, 1.807) is 12.1 Å². The Hall–Kier alpha value is -3.39. The Morgan fingerprint density at radius 2 is 1.74 bits per heavy atom. The maximum Gasteiger partial charge on any atom is 0.417 e. The number of urea groups is 1. The quantitative estimate of drug-likeness (QED) is 0.487. The Morgan fingerprint density at radius 3 is 2.32 bits per heavy atom. The van der Waals surface area contributed by atoms with Crippen LogP contribution in [0.3, 0.4) is 0 Å². The Balaban J connectivity index is 1.19. The number of halogens is 3. The number of rotatable bonds is 5. The summed E-state index contributed by atoms with van der Waals surface area (Å²) < 4.78 is 66.0. The molecule has 0 bridgehead atoms. The number of piperidine rings is 2. The van der Waals surface area contributed by atoms with Gasteiger partial charge < -0.3 is 15.5 Å². The van der Waals surface area contributed by atoms with E-state index in [-0.39, 0.29) is 29.9 Å². The van der Waals surface area contributed by atoms with Gasteiger partial charge in [-0.1, -0.05) is 0 Å². The van der Waals surface area contributed by atoms with Gasteiger partial charge in [-0.3, -0.25) is 10.1 Å². The van der Waals surface area contributed by atoms with Gasteiger partial charge in [0.1, 0.15) is 11.4 Å². The Labute approximate surface area is 217 Å². The number of carbonyl (C=O) groups is 2. The van der Waals surface area contributed by atoms with Crippen molar-refractivity contribution < 1.29 is 31.2 Å². The number of hydrogen-bond acceptors (Lipinski definition) is 7. The Morgan fingerprint density at radius 1 is 1.03 bits per heavy atom. The molecule has 3 amide bonds. The summed E-state index contributed by atoms with van der Waals surface area (Å²) in [5, 5.41) is 8.10. The van der Waals surface area contributed by atoms with E-state index in [1.165, 1.54) is 22.5 Å². The number of carbonyl (C=O) groups excluding carboxylic acids is 2. The zero-order chi connectivity index (χ0) is 27.1. The van der Waals surface area contributed by atoms with Crippen LogP contribution in [0.25, 0.3) is 0 Å². The summed E-state index contributed by atoms with van der Waals surface area (Å²) in [5.74, 6) is -0.0394. The summed E-state index contributed by atoms with van der Waals surface area (Å²) in [6, 6.07) is 8.08. The standard InChI is InChI=1S/C24H27F3N6O4S/c25-24(26,27)16-2-7-20(28-14-16)29-17-8-12-33(13-9-17)38(36,37)19-5-3-18(4-6-19)32-11-1-10-23(15-32)21(34)30-22(35)31-23/h2-7,14,17H,1,8-13,15H2,(H,28,29)(H2,30,31,34,35). The van der Waals surface area contributed by atoms with E-state index in [9.17, 15) is 31.2 Å². The molecular weight excluding hydrogens is 525 g/mol. The number of sulfonamides is 1. The van der Waals surface area contributed by atoms with Crippen molar-refractivity contribution in [2.45, 2.75) is 48.3 Å². The van der Waals surface area contributed by atoms with E-state index < -0.39 is 33.3 Å². The van der Waals surface area contributed by atoms with Crippen LogP contribution in [0.15, 0.2) is 47.5 Å². The van der Waals surface area contributed by atoms with Crippen LogP contribution < -0.4 is 20.9 Å². The highest BCUT2D eigenvalue weighted by Crippen LogP contribution is 2.31. The molecule has 14 heteroatoms. The molecule has 0 aliphatic carbocycles. The van der Waals surface area contributed by atoms with Crippen LogP contribution in [0.1, 0.15) is 31.2 Å². The zero-order valence-corrected chi connectivity index (χ0v) is 21.1. The molecule has 3 fully saturated rings. The third-order valence-electron chi connectivity index (χ3n) is 7.24. The van der Waals surface area contributed by atoms with Crippen molar-refractivity contribution in [3.63, 3.8) is 0 Å². The third kappa shape index (κ3) is 5.14. The number of nitrogens with zero attached hydrogens (tertiary/aromatic N) is 3. The highest BCUT2D eigenvalue weighted by molar-refractivity contribution is 7.89. The smallest absolute Gasteiger partial charge is 0.369 e. The number of anilines is 2. The SMILES string of the molecule is O=C1NC(=O)C2(CCCN(c3ccc(S(=O)(=O)N4CCC(Nc5ccc(C(F)(F)F)cn5)CC4)cc3)C2)N1. The normalized spacial score (nSPS) is 23.4. The summed E-state index contributed by atoms with van der Waals surface area (Å²) in [4.78, 5) is 29.9. The number of hydrogen-bond donors (Lipinski definition) is 3. The van der Waals surface area contributed by atoms with Gasteiger partial charge in [0, 0.05) is 37.6 Å². The molecule has 1 spiro atoms. The lowest BCUT2D eigenvalue weighted by atomic mass is 9.89. The minimum atomic E-state index is -4.45. The average molecular weight is 553 g/mol. The van der Waals surface area contributed by atoms with Gasteiger partial charge in [-0.15, -0.1) is 0 Å². The number of alkyl halides is 3. The van der Waals surface area contributed by atoms with Crippen molar-refractivity contribution in [1.82, 2.24) is 19.9 Å².